The fraction of sp³-hybridized carbons (Fsp3) is 0.393. The standard InChI is InChI=1S/C28H33N3O2S/c1-7-12-30-24-13-18(3)20(14-21(24)19(4)16-28(30,5)6)15-22-25(32)29-27(34)31(26(22)33)23-11-9-8-10-17(23)2/h8-11,13-15,19H,7,12,16H2,1-6H3,(H,29,32,34)/b22-15-. The number of benzene rings is 2. The molecule has 0 spiro atoms. The zero-order valence-corrected chi connectivity index (χ0v) is 21.7. The Morgan fingerprint density at radius 2 is 1.82 bits per heavy atom. The van der Waals surface area contributed by atoms with E-state index < -0.39 is 11.8 Å². The van der Waals surface area contributed by atoms with E-state index in [-0.39, 0.29) is 16.2 Å². The van der Waals surface area contributed by atoms with Gasteiger partial charge in [0.05, 0.1) is 5.69 Å². The van der Waals surface area contributed by atoms with Crippen molar-refractivity contribution in [2.75, 3.05) is 16.3 Å². The summed E-state index contributed by atoms with van der Waals surface area (Å²) in [5, 5.41) is 2.81. The SMILES string of the molecule is CCCN1c2cc(C)c(/C=C3/C(=O)NC(=S)N(c4ccccc4C)C3=O)cc2C(C)CC1(C)C. The van der Waals surface area contributed by atoms with Gasteiger partial charge in [0.2, 0.25) is 0 Å². The van der Waals surface area contributed by atoms with Crippen LogP contribution in [0.3, 0.4) is 0 Å². The number of hydrogen-bond acceptors (Lipinski definition) is 4. The number of para-hydroxylation sites is 1. The first-order chi connectivity index (χ1) is 16.0. The number of fused-ring (bicyclic) bond motifs is 1. The third kappa shape index (κ3) is 4.16. The van der Waals surface area contributed by atoms with E-state index in [4.69, 9.17) is 12.2 Å². The molecule has 1 atom stereocenters. The lowest BCUT2D eigenvalue weighted by atomic mass is 9.78. The van der Waals surface area contributed by atoms with Crippen LogP contribution in [0.5, 0.6) is 0 Å². The van der Waals surface area contributed by atoms with Crippen molar-refractivity contribution in [2.24, 2.45) is 0 Å². The van der Waals surface area contributed by atoms with Crippen molar-refractivity contribution < 1.29 is 9.59 Å². The number of carbonyl (C=O) groups excluding carboxylic acids is 2. The van der Waals surface area contributed by atoms with Gasteiger partial charge in [-0.05, 0) is 105 Å². The molecule has 0 saturated carbocycles. The van der Waals surface area contributed by atoms with E-state index in [2.05, 4.69) is 50.0 Å². The predicted molar refractivity (Wildman–Crippen MR) is 143 cm³/mol. The van der Waals surface area contributed by atoms with Crippen molar-refractivity contribution in [1.29, 1.82) is 0 Å². The molecule has 0 aliphatic carbocycles. The lowest BCUT2D eigenvalue weighted by Gasteiger charge is -2.48. The van der Waals surface area contributed by atoms with Crippen LogP contribution in [-0.2, 0) is 9.59 Å². The Morgan fingerprint density at radius 3 is 2.50 bits per heavy atom. The van der Waals surface area contributed by atoms with E-state index in [1.54, 1.807) is 6.08 Å². The van der Waals surface area contributed by atoms with Crippen molar-refractivity contribution >= 4 is 46.6 Å². The molecule has 1 unspecified atom stereocenters. The van der Waals surface area contributed by atoms with Crippen LogP contribution in [0.15, 0.2) is 42.0 Å². The maximum Gasteiger partial charge on any atom is 0.270 e. The molecule has 0 bridgehead atoms. The maximum atomic E-state index is 13.5. The van der Waals surface area contributed by atoms with Crippen LogP contribution >= 0.6 is 12.2 Å². The Bertz CT molecular complexity index is 1210. The molecule has 6 heteroatoms. The number of aryl methyl sites for hydroxylation is 2. The fourth-order valence-electron chi connectivity index (χ4n) is 5.30. The number of anilines is 2. The van der Waals surface area contributed by atoms with Gasteiger partial charge < -0.3 is 4.90 Å². The molecule has 5 nitrogen and oxygen atoms in total. The summed E-state index contributed by atoms with van der Waals surface area (Å²) >= 11 is 5.36. The monoisotopic (exact) mass is 475 g/mol. The second-order valence-electron chi connectivity index (χ2n) is 10.1. The van der Waals surface area contributed by atoms with Gasteiger partial charge in [0, 0.05) is 17.8 Å². The lowest BCUT2D eigenvalue weighted by molar-refractivity contribution is -0.122. The summed E-state index contributed by atoms with van der Waals surface area (Å²) in [5.74, 6) is -0.483. The normalized spacial score (nSPS) is 21.1. The zero-order valence-electron chi connectivity index (χ0n) is 20.9. The molecule has 4 rings (SSSR count). The topological polar surface area (TPSA) is 52.7 Å². The smallest absolute Gasteiger partial charge is 0.270 e. The van der Waals surface area contributed by atoms with Gasteiger partial charge in [0.1, 0.15) is 5.57 Å². The summed E-state index contributed by atoms with van der Waals surface area (Å²) in [5.41, 5.74) is 6.20. The first-order valence-corrected chi connectivity index (χ1v) is 12.3. The van der Waals surface area contributed by atoms with E-state index in [0.717, 1.165) is 36.1 Å². The molecule has 178 valence electrons. The number of hydrogen-bond donors (Lipinski definition) is 1. The molecule has 0 radical (unpaired) electrons. The summed E-state index contributed by atoms with van der Waals surface area (Å²) in [6.07, 6.45) is 3.84. The summed E-state index contributed by atoms with van der Waals surface area (Å²) in [7, 11) is 0. The van der Waals surface area contributed by atoms with Crippen LogP contribution in [0.4, 0.5) is 11.4 Å². The van der Waals surface area contributed by atoms with Crippen molar-refractivity contribution in [2.45, 2.75) is 65.8 Å². The first kappa shape index (κ1) is 24.1. The van der Waals surface area contributed by atoms with Crippen LogP contribution in [0.25, 0.3) is 6.08 Å². The van der Waals surface area contributed by atoms with Crippen LogP contribution in [0, 0.1) is 13.8 Å². The molecular weight excluding hydrogens is 442 g/mol. The summed E-state index contributed by atoms with van der Waals surface area (Å²) < 4.78 is 0. The van der Waals surface area contributed by atoms with Gasteiger partial charge in [0.15, 0.2) is 5.11 Å². The highest BCUT2D eigenvalue weighted by molar-refractivity contribution is 7.80. The Hall–Kier alpha value is -2.99. The minimum absolute atomic E-state index is 0.0812. The summed E-state index contributed by atoms with van der Waals surface area (Å²) in [6, 6.07) is 11.9. The van der Waals surface area contributed by atoms with E-state index in [0.29, 0.717) is 11.6 Å². The van der Waals surface area contributed by atoms with E-state index in [1.165, 1.54) is 16.2 Å². The second-order valence-corrected chi connectivity index (χ2v) is 10.5. The number of carbonyl (C=O) groups is 2. The Morgan fingerprint density at radius 1 is 1.12 bits per heavy atom. The third-order valence-electron chi connectivity index (χ3n) is 6.98. The Labute approximate surface area is 207 Å². The molecular formula is C28H33N3O2S. The third-order valence-corrected chi connectivity index (χ3v) is 7.26. The van der Waals surface area contributed by atoms with Gasteiger partial charge >= 0.3 is 0 Å². The first-order valence-electron chi connectivity index (χ1n) is 11.9. The zero-order chi connectivity index (χ0) is 24.8. The molecule has 2 amide bonds. The Balaban J connectivity index is 1.79. The van der Waals surface area contributed by atoms with Crippen molar-refractivity contribution in [3.05, 3.63) is 64.2 Å². The molecule has 2 aliphatic rings. The van der Waals surface area contributed by atoms with Gasteiger partial charge in [-0.25, -0.2) is 0 Å². The quantitative estimate of drug-likeness (QED) is 0.353. The molecule has 2 aliphatic heterocycles. The summed E-state index contributed by atoms with van der Waals surface area (Å²) in [6.45, 7) is 14.0. The summed E-state index contributed by atoms with van der Waals surface area (Å²) in [4.78, 5) is 30.3. The van der Waals surface area contributed by atoms with Gasteiger partial charge in [-0.1, -0.05) is 32.0 Å². The van der Waals surface area contributed by atoms with Crippen LogP contribution in [0.2, 0.25) is 0 Å². The highest BCUT2D eigenvalue weighted by Gasteiger charge is 2.37. The minimum atomic E-state index is -0.459. The average Bonchev–Trinajstić information content (AvgIpc) is 2.75. The Kier molecular flexibility index (Phi) is 6.38. The molecule has 2 aromatic rings. The van der Waals surface area contributed by atoms with Crippen molar-refractivity contribution in [1.82, 2.24) is 5.32 Å². The molecule has 2 heterocycles. The number of amides is 2. The van der Waals surface area contributed by atoms with Gasteiger partial charge in [0.25, 0.3) is 11.8 Å². The van der Waals surface area contributed by atoms with Crippen LogP contribution in [0.1, 0.15) is 68.7 Å². The largest absolute Gasteiger partial charge is 0.366 e. The molecule has 1 N–H and O–H groups in total. The second kappa shape index (κ2) is 8.99. The minimum Gasteiger partial charge on any atom is -0.366 e. The molecule has 34 heavy (non-hydrogen) atoms. The maximum absolute atomic E-state index is 13.5. The number of nitrogens with one attached hydrogen (secondary N) is 1. The van der Waals surface area contributed by atoms with E-state index >= 15 is 0 Å². The van der Waals surface area contributed by atoms with Crippen LogP contribution < -0.4 is 15.1 Å². The van der Waals surface area contributed by atoms with Gasteiger partial charge in [-0.3, -0.25) is 19.8 Å². The van der Waals surface area contributed by atoms with Crippen molar-refractivity contribution in [3.8, 4) is 0 Å². The van der Waals surface area contributed by atoms with Gasteiger partial charge in [-0.15, -0.1) is 0 Å². The highest BCUT2D eigenvalue weighted by atomic mass is 32.1. The molecule has 1 saturated heterocycles. The van der Waals surface area contributed by atoms with E-state index in [1.807, 2.05) is 38.1 Å². The highest BCUT2D eigenvalue weighted by Crippen LogP contribution is 2.44. The van der Waals surface area contributed by atoms with Crippen molar-refractivity contribution in [3.63, 3.8) is 0 Å². The number of nitrogens with zero attached hydrogens (tertiary/aromatic N) is 2. The number of rotatable bonds is 4. The predicted octanol–water partition coefficient (Wildman–Crippen LogP) is 5.64. The molecule has 1 fully saturated rings. The number of thiocarbonyl (C=S) groups is 1. The van der Waals surface area contributed by atoms with Crippen LogP contribution in [-0.4, -0.2) is 29.0 Å². The lowest BCUT2D eigenvalue weighted by Crippen LogP contribution is -2.54. The fourth-order valence-corrected chi connectivity index (χ4v) is 5.57. The van der Waals surface area contributed by atoms with Gasteiger partial charge in [-0.2, -0.15) is 0 Å². The molecule has 0 aromatic heterocycles. The van der Waals surface area contributed by atoms with E-state index in [9.17, 15) is 9.59 Å². The molecule has 2 aromatic carbocycles. The average molecular weight is 476 g/mol.